The van der Waals surface area contributed by atoms with Gasteiger partial charge in [-0.15, -0.1) is 11.3 Å². The first kappa shape index (κ1) is 34.1. The highest BCUT2D eigenvalue weighted by Crippen LogP contribution is 2.39. The Kier molecular flexibility index (Phi) is 11.3. The minimum absolute atomic E-state index is 0.0267. The number of ether oxygens (including phenoxy) is 1. The summed E-state index contributed by atoms with van der Waals surface area (Å²) in [5.41, 5.74) is 14.1. The summed E-state index contributed by atoms with van der Waals surface area (Å²) >= 11 is 0.992. The molecule has 1 atom stereocenters. The zero-order chi connectivity index (χ0) is 33.4. The number of amides is 1. The molecule has 3 heterocycles. The Morgan fingerprint density at radius 1 is 1.13 bits per heavy atom. The first-order valence-electron chi connectivity index (χ1n) is 15.3. The Morgan fingerprint density at radius 2 is 1.94 bits per heavy atom. The number of carbonyl (C=O) groups excluding carboxylic acids is 1. The number of nitrogens with one attached hydrogen (secondary N) is 4. The fraction of sp³-hybridized carbons (Fsp3) is 0.387. The lowest BCUT2D eigenvalue weighted by Crippen LogP contribution is -2.46. The maximum absolute atomic E-state index is 13.9. The number of rotatable bonds is 15. The Balaban J connectivity index is 1.32. The highest BCUT2D eigenvalue weighted by atomic mass is 32.2. The maximum atomic E-state index is 13.9. The number of hydrogen-bond donors (Lipinski definition) is 7. The SMILES string of the molecule is NC(N)=NCCCC(NC(=O)c1sccc1NS(=O)(=O)c1cc(-c2cccc(CNCN3CCNCC3)c2)cc2c1OCC2)C(=O)O. The Bertz CT molecular complexity index is 1720. The quantitative estimate of drug-likeness (QED) is 0.0689. The van der Waals surface area contributed by atoms with Crippen LogP contribution in [-0.2, 0) is 27.8 Å². The monoisotopic (exact) mass is 684 g/mol. The minimum atomic E-state index is -4.23. The molecule has 14 nitrogen and oxygen atoms in total. The van der Waals surface area contributed by atoms with E-state index in [0.717, 1.165) is 66.4 Å². The summed E-state index contributed by atoms with van der Waals surface area (Å²) in [6, 6.07) is 11.8. The number of thiophene rings is 1. The second-order valence-corrected chi connectivity index (χ2v) is 13.9. The van der Waals surface area contributed by atoms with E-state index in [4.69, 9.17) is 16.2 Å². The molecular weight excluding hydrogens is 645 g/mol. The number of carbonyl (C=O) groups is 2. The van der Waals surface area contributed by atoms with Crippen molar-refractivity contribution in [2.75, 3.05) is 50.7 Å². The van der Waals surface area contributed by atoms with Gasteiger partial charge in [-0.2, -0.15) is 0 Å². The van der Waals surface area contributed by atoms with Gasteiger partial charge in [0.15, 0.2) is 5.96 Å². The van der Waals surface area contributed by atoms with Gasteiger partial charge in [0.2, 0.25) is 0 Å². The van der Waals surface area contributed by atoms with Gasteiger partial charge in [0.05, 0.1) is 12.3 Å². The summed E-state index contributed by atoms with van der Waals surface area (Å²) in [6.07, 6.45) is 0.952. The van der Waals surface area contributed by atoms with E-state index >= 15 is 0 Å². The van der Waals surface area contributed by atoms with Crippen molar-refractivity contribution in [3.8, 4) is 16.9 Å². The van der Waals surface area contributed by atoms with Crippen molar-refractivity contribution in [2.24, 2.45) is 16.5 Å². The molecule has 1 fully saturated rings. The number of aliphatic imine (C=N–C) groups is 1. The van der Waals surface area contributed by atoms with Crippen LogP contribution in [0.1, 0.15) is 33.6 Å². The zero-order valence-corrected chi connectivity index (χ0v) is 27.5. The minimum Gasteiger partial charge on any atom is -0.492 e. The van der Waals surface area contributed by atoms with Gasteiger partial charge >= 0.3 is 5.97 Å². The van der Waals surface area contributed by atoms with Crippen molar-refractivity contribution >= 4 is 44.9 Å². The molecule has 0 aliphatic carbocycles. The number of aliphatic carboxylic acids is 1. The molecule has 0 saturated carbocycles. The largest absolute Gasteiger partial charge is 0.492 e. The molecule has 16 heteroatoms. The summed E-state index contributed by atoms with van der Waals surface area (Å²) in [6.45, 7) is 5.96. The van der Waals surface area contributed by atoms with Crippen molar-refractivity contribution in [1.29, 1.82) is 0 Å². The number of guanidine groups is 1. The van der Waals surface area contributed by atoms with E-state index in [1.54, 1.807) is 11.4 Å². The molecule has 2 aromatic carbocycles. The lowest BCUT2D eigenvalue weighted by Gasteiger charge is -2.27. The van der Waals surface area contributed by atoms with Gasteiger partial charge in [0.1, 0.15) is 21.6 Å². The standard InChI is InChI=1S/C31H40N8O6S2/c32-31(33)36-8-2-5-25(30(41)42)37-29(40)28-24(7-14-46-28)38-47(43,44)26-17-23(16-22-6-13-45-27(22)26)21-4-1-3-20(15-21)18-35-19-39-11-9-34-10-12-39/h1,3-4,7,14-17,25,34-35,38H,2,5-6,8-13,18-19H2,(H,37,40)(H,41,42)(H4,32,33,36). The van der Waals surface area contributed by atoms with Gasteiger partial charge in [-0.05, 0) is 64.7 Å². The molecule has 252 valence electrons. The predicted molar refractivity (Wildman–Crippen MR) is 181 cm³/mol. The normalized spacial score (nSPS) is 15.3. The number of nitrogens with zero attached hydrogens (tertiary/aromatic N) is 2. The van der Waals surface area contributed by atoms with Crippen LogP contribution in [0.15, 0.2) is 57.7 Å². The third kappa shape index (κ3) is 8.99. The van der Waals surface area contributed by atoms with Crippen LogP contribution in [0.2, 0.25) is 0 Å². The molecule has 0 bridgehead atoms. The van der Waals surface area contributed by atoms with Crippen LogP contribution in [-0.4, -0.2) is 88.3 Å². The van der Waals surface area contributed by atoms with Crippen molar-refractivity contribution in [2.45, 2.75) is 36.7 Å². The average molecular weight is 685 g/mol. The van der Waals surface area contributed by atoms with E-state index in [0.29, 0.717) is 26.0 Å². The second-order valence-electron chi connectivity index (χ2n) is 11.3. The van der Waals surface area contributed by atoms with Gasteiger partial charge in [-0.3, -0.25) is 19.4 Å². The van der Waals surface area contributed by atoms with E-state index in [9.17, 15) is 23.1 Å². The Morgan fingerprint density at radius 3 is 2.70 bits per heavy atom. The van der Waals surface area contributed by atoms with Gasteiger partial charge in [0, 0.05) is 52.4 Å². The first-order chi connectivity index (χ1) is 22.6. The number of carboxylic acid groups (broad SMARTS) is 1. The van der Waals surface area contributed by atoms with Crippen molar-refractivity contribution in [3.63, 3.8) is 0 Å². The molecule has 47 heavy (non-hydrogen) atoms. The maximum Gasteiger partial charge on any atom is 0.326 e. The third-order valence-electron chi connectivity index (χ3n) is 7.84. The summed E-state index contributed by atoms with van der Waals surface area (Å²) < 4.78 is 36.1. The van der Waals surface area contributed by atoms with E-state index in [1.165, 1.54) is 6.07 Å². The number of nitrogens with two attached hydrogens (primary N) is 2. The molecule has 0 radical (unpaired) electrons. The Hall–Kier alpha value is -4.22. The summed E-state index contributed by atoms with van der Waals surface area (Å²) in [7, 11) is -4.23. The molecule has 1 unspecified atom stereocenters. The lowest BCUT2D eigenvalue weighted by atomic mass is 10.00. The number of hydrogen-bond acceptors (Lipinski definition) is 10. The molecule has 1 amide bonds. The summed E-state index contributed by atoms with van der Waals surface area (Å²) in [4.78, 5) is 31.1. The van der Waals surface area contributed by atoms with E-state index in [1.807, 2.05) is 30.3 Å². The molecule has 1 aromatic heterocycles. The van der Waals surface area contributed by atoms with Crippen LogP contribution in [0.4, 0.5) is 5.69 Å². The molecule has 2 aliphatic heterocycles. The predicted octanol–water partition coefficient (Wildman–Crippen LogP) is 1.34. The van der Waals surface area contributed by atoms with E-state index in [2.05, 4.69) is 30.6 Å². The molecule has 1 saturated heterocycles. The van der Waals surface area contributed by atoms with Crippen molar-refractivity contribution in [1.82, 2.24) is 20.9 Å². The molecule has 5 rings (SSSR count). The highest BCUT2D eigenvalue weighted by Gasteiger charge is 2.29. The first-order valence-corrected chi connectivity index (χ1v) is 17.7. The fourth-order valence-corrected chi connectivity index (χ4v) is 7.58. The van der Waals surface area contributed by atoms with Crippen LogP contribution in [0, 0.1) is 0 Å². The number of benzene rings is 2. The molecule has 0 spiro atoms. The molecular formula is C31H40N8O6S2. The van der Waals surface area contributed by atoms with E-state index < -0.39 is 27.9 Å². The van der Waals surface area contributed by atoms with Gasteiger partial charge in [-0.25, -0.2) is 13.2 Å². The third-order valence-corrected chi connectivity index (χ3v) is 10.1. The fourth-order valence-electron chi connectivity index (χ4n) is 5.48. The van der Waals surface area contributed by atoms with Gasteiger partial charge in [0.25, 0.3) is 15.9 Å². The van der Waals surface area contributed by atoms with Gasteiger partial charge in [-0.1, -0.05) is 18.2 Å². The van der Waals surface area contributed by atoms with E-state index in [-0.39, 0.29) is 40.1 Å². The van der Waals surface area contributed by atoms with Crippen LogP contribution >= 0.6 is 11.3 Å². The van der Waals surface area contributed by atoms with Crippen molar-refractivity contribution in [3.05, 3.63) is 63.8 Å². The number of sulfonamides is 1. The summed E-state index contributed by atoms with van der Waals surface area (Å²) in [5, 5.41) is 20.5. The van der Waals surface area contributed by atoms with Gasteiger partial charge < -0.3 is 37.3 Å². The smallest absolute Gasteiger partial charge is 0.326 e. The lowest BCUT2D eigenvalue weighted by molar-refractivity contribution is -0.139. The molecule has 2 aliphatic rings. The number of piperazine rings is 1. The number of carboxylic acids is 1. The number of fused-ring (bicyclic) bond motifs is 1. The van der Waals surface area contributed by atoms with Crippen LogP contribution in [0.5, 0.6) is 5.75 Å². The number of anilines is 1. The second kappa shape index (κ2) is 15.6. The van der Waals surface area contributed by atoms with Crippen LogP contribution in [0.25, 0.3) is 11.1 Å². The zero-order valence-electron chi connectivity index (χ0n) is 25.8. The topological polar surface area (TPSA) is 213 Å². The van der Waals surface area contributed by atoms with Crippen LogP contribution < -0.4 is 36.9 Å². The molecule has 3 aromatic rings. The van der Waals surface area contributed by atoms with Crippen LogP contribution in [0.3, 0.4) is 0 Å². The molecule has 9 N–H and O–H groups in total. The van der Waals surface area contributed by atoms with Crippen molar-refractivity contribution < 1.29 is 27.9 Å². The summed E-state index contributed by atoms with van der Waals surface area (Å²) in [5.74, 6) is -1.78. The Labute approximate surface area is 277 Å². The average Bonchev–Trinajstić information content (AvgIpc) is 3.72. The highest BCUT2D eigenvalue weighted by molar-refractivity contribution is 7.92.